The zero-order valence-electron chi connectivity index (χ0n) is 11.2. The van der Waals surface area contributed by atoms with Gasteiger partial charge in [-0.15, -0.1) is 0 Å². The fourth-order valence-corrected chi connectivity index (χ4v) is 3.72. The second-order valence-corrected chi connectivity index (χ2v) is 6.79. The van der Waals surface area contributed by atoms with Gasteiger partial charge in [-0.05, 0) is 57.0 Å². The normalized spacial score (nSPS) is 18.9. The summed E-state index contributed by atoms with van der Waals surface area (Å²) in [6.45, 7) is 3.53. The van der Waals surface area contributed by atoms with Gasteiger partial charge in [-0.25, -0.2) is 21.9 Å². The molecule has 4 nitrogen and oxygen atoms in total. The van der Waals surface area contributed by atoms with Crippen LogP contribution in [0.4, 0.5) is 8.78 Å². The summed E-state index contributed by atoms with van der Waals surface area (Å²) < 4.78 is 52.8. The molecule has 0 bridgehead atoms. The van der Waals surface area contributed by atoms with E-state index in [0.29, 0.717) is 6.07 Å². The van der Waals surface area contributed by atoms with E-state index in [-0.39, 0.29) is 16.9 Å². The molecule has 2 rings (SSSR count). The van der Waals surface area contributed by atoms with E-state index in [1.165, 1.54) is 0 Å². The zero-order chi connectivity index (χ0) is 14.8. The second kappa shape index (κ2) is 6.15. The van der Waals surface area contributed by atoms with Gasteiger partial charge in [0, 0.05) is 6.04 Å². The van der Waals surface area contributed by atoms with Crippen molar-refractivity contribution in [2.45, 2.75) is 30.7 Å². The van der Waals surface area contributed by atoms with Gasteiger partial charge in [0.2, 0.25) is 10.0 Å². The van der Waals surface area contributed by atoms with Crippen LogP contribution in [0, 0.1) is 17.6 Å². The monoisotopic (exact) mass is 304 g/mol. The maximum atomic E-state index is 13.1. The van der Waals surface area contributed by atoms with Gasteiger partial charge >= 0.3 is 0 Å². The third-order valence-corrected chi connectivity index (χ3v) is 5.19. The van der Waals surface area contributed by atoms with E-state index in [4.69, 9.17) is 0 Å². The summed E-state index contributed by atoms with van der Waals surface area (Å²) in [4.78, 5) is -0.253. The minimum absolute atomic E-state index is 0.241. The van der Waals surface area contributed by atoms with E-state index in [9.17, 15) is 17.2 Å². The Balaban J connectivity index is 2.11. The summed E-state index contributed by atoms with van der Waals surface area (Å²) in [5.41, 5.74) is 0. The molecule has 1 fully saturated rings. The summed E-state index contributed by atoms with van der Waals surface area (Å²) in [5, 5.41) is 3.21. The standard InChI is InChI=1S/C13H18F2N2O2S/c1-9(10-4-6-16-7-5-10)17-20(18,19)11-2-3-12(14)13(15)8-11/h2-3,8-10,16-17H,4-7H2,1H3. The van der Waals surface area contributed by atoms with Crippen LogP contribution < -0.4 is 10.0 Å². The van der Waals surface area contributed by atoms with Crippen LogP contribution in [0.3, 0.4) is 0 Å². The molecule has 0 saturated carbocycles. The first-order chi connectivity index (χ1) is 9.40. The van der Waals surface area contributed by atoms with Gasteiger partial charge in [0.15, 0.2) is 11.6 Å². The van der Waals surface area contributed by atoms with Gasteiger partial charge in [-0.1, -0.05) is 0 Å². The van der Waals surface area contributed by atoms with E-state index in [2.05, 4.69) is 10.0 Å². The van der Waals surface area contributed by atoms with Gasteiger partial charge in [-0.2, -0.15) is 0 Å². The van der Waals surface area contributed by atoms with Crippen molar-refractivity contribution >= 4 is 10.0 Å². The number of sulfonamides is 1. The number of piperidine rings is 1. The Morgan fingerprint density at radius 2 is 1.90 bits per heavy atom. The van der Waals surface area contributed by atoms with E-state index in [1.807, 2.05) is 0 Å². The van der Waals surface area contributed by atoms with Gasteiger partial charge < -0.3 is 5.32 Å². The fraction of sp³-hybridized carbons (Fsp3) is 0.538. The molecule has 1 unspecified atom stereocenters. The molecule has 1 saturated heterocycles. The molecule has 7 heteroatoms. The van der Waals surface area contributed by atoms with Gasteiger partial charge in [0.1, 0.15) is 0 Å². The summed E-state index contributed by atoms with van der Waals surface area (Å²) in [7, 11) is -3.83. The zero-order valence-corrected chi connectivity index (χ0v) is 12.0. The Hall–Kier alpha value is -1.05. The fourth-order valence-electron chi connectivity index (χ4n) is 2.40. The molecule has 2 N–H and O–H groups in total. The summed E-state index contributed by atoms with van der Waals surface area (Å²) in [6, 6.07) is 2.34. The predicted molar refractivity (Wildman–Crippen MR) is 71.7 cm³/mol. The number of nitrogens with one attached hydrogen (secondary N) is 2. The average Bonchev–Trinajstić information content (AvgIpc) is 2.42. The highest BCUT2D eigenvalue weighted by molar-refractivity contribution is 7.89. The van der Waals surface area contributed by atoms with Crippen LogP contribution in [0.1, 0.15) is 19.8 Å². The highest BCUT2D eigenvalue weighted by Crippen LogP contribution is 2.19. The third kappa shape index (κ3) is 3.53. The Bertz CT molecular complexity index is 572. The first kappa shape index (κ1) is 15.3. The van der Waals surface area contributed by atoms with Crippen molar-refractivity contribution < 1.29 is 17.2 Å². The number of hydrogen-bond donors (Lipinski definition) is 2. The maximum absolute atomic E-state index is 13.1. The smallest absolute Gasteiger partial charge is 0.240 e. The topological polar surface area (TPSA) is 58.2 Å². The lowest BCUT2D eigenvalue weighted by Gasteiger charge is -2.28. The van der Waals surface area contributed by atoms with Crippen molar-refractivity contribution in [1.29, 1.82) is 0 Å². The molecule has 0 aromatic heterocycles. The molecular weight excluding hydrogens is 286 g/mol. The number of rotatable bonds is 4. The molecule has 1 aromatic rings. The third-order valence-electron chi connectivity index (χ3n) is 3.63. The van der Waals surface area contributed by atoms with Crippen molar-refractivity contribution in [3.05, 3.63) is 29.8 Å². The molecule has 0 spiro atoms. The molecule has 1 heterocycles. The predicted octanol–water partition coefficient (Wildman–Crippen LogP) is 1.63. The Morgan fingerprint density at radius 3 is 2.50 bits per heavy atom. The maximum Gasteiger partial charge on any atom is 0.240 e. The molecule has 1 atom stereocenters. The van der Waals surface area contributed by atoms with E-state index in [1.54, 1.807) is 6.92 Å². The highest BCUT2D eigenvalue weighted by atomic mass is 32.2. The van der Waals surface area contributed by atoms with Gasteiger partial charge in [0.25, 0.3) is 0 Å². The quantitative estimate of drug-likeness (QED) is 0.889. The highest BCUT2D eigenvalue weighted by Gasteiger charge is 2.25. The van der Waals surface area contributed by atoms with Crippen molar-refractivity contribution in [1.82, 2.24) is 10.0 Å². The lowest BCUT2D eigenvalue weighted by molar-refractivity contribution is 0.316. The number of hydrogen-bond acceptors (Lipinski definition) is 3. The van der Waals surface area contributed by atoms with Crippen molar-refractivity contribution in [2.75, 3.05) is 13.1 Å². The molecule has 1 aliphatic heterocycles. The lowest BCUT2D eigenvalue weighted by atomic mass is 9.92. The van der Waals surface area contributed by atoms with E-state index >= 15 is 0 Å². The van der Waals surface area contributed by atoms with Crippen LogP contribution in [-0.2, 0) is 10.0 Å². The van der Waals surface area contributed by atoms with Crippen LogP contribution >= 0.6 is 0 Å². The molecule has 0 aliphatic carbocycles. The molecule has 20 heavy (non-hydrogen) atoms. The largest absolute Gasteiger partial charge is 0.317 e. The SMILES string of the molecule is CC(NS(=O)(=O)c1ccc(F)c(F)c1)C1CCNCC1. The first-order valence-corrected chi connectivity index (χ1v) is 8.06. The van der Waals surface area contributed by atoms with Crippen molar-refractivity contribution in [3.8, 4) is 0 Å². The summed E-state index contributed by atoms with van der Waals surface area (Å²) >= 11 is 0. The Labute approximate surface area is 117 Å². The van der Waals surface area contributed by atoms with E-state index in [0.717, 1.165) is 38.1 Å². The summed E-state index contributed by atoms with van der Waals surface area (Å²) in [6.07, 6.45) is 1.78. The molecular formula is C13H18F2N2O2S. The van der Waals surface area contributed by atoms with Crippen LogP contribution in [0.2, 0.25) is 0 Å². The van der Waals surface area contributed by atoms with Gasteiger partial charge in [0.05, 0.1) is 4.90 Å². The van der Waals surface area contributed by atoms with E-state index < -0.39 is 21.7 Å². The van der Waals surface area contributed by atoms with Crippen LogP contribution in [0.25, 0.3) is 0 Å². The molecule has 112 valence electrons. The van der Waals surface area contributed by atoms with Crippen molar-refractivity contribution in [3.63, 3.8) is 0 Å². The number of benzene rings is 1. The van der Waals surface area contributed by atoms with Crippen LogP contribution in [0.15, 0.2) is 23.1 Å². The van der Waals surface area contributed by atoms with Crippen molar-refractivity contribution in [2.24, 2.45) is 5.92 Å². The average molecular weight is 304 g/mol. The second-order valence-electron chi connectivity index (χ2n) is 5.07. The Kier molecular flexibility index (Phi) is 4.72. The molecule has 1 aliphatic rings. The molecule has 0 radical (unpaired) electrons. The first-order valence-electron chi connectivity index (χ1n) is 6.58. The molecule has 0 amide bonds. The number of halogens is 2. The van der Waals surface area contributed by atoms with Gasteiger partial charge in [-0.3, -0.25) is 0 Å². The molecule has 1 aromatic carbocycles. The lowest BCUT2D eigenvalue weighted by Crippen LogP contribution is -2.42. The minimum Gasteiger partial charge on any atom is -0.317 e. The summed E-state index contributed by atoms with van der Waals surface area (Å²) in [5.74, 6) is -1.98. The Morgan fingerprint density at radius 1 is 1.25 bits per heavy atom. The van der Waals surface area contributed by atoms with Crippen LogP contribution in [-0.4, -0.2) is 27.5 Å². The minimum atomic E-state index is -3.83. The van der Waals surface area contributed by atoms with Crippen LogP contribution in [0.5, 0.6) is 0 Å².